The maximum atomic E-state index is 5.43. The monoisotopic (exact) mass is 303 g/mol. The first-order valence-electron chi connectivity index (χ1n) is 7.47. The molecule has 0 bridgehead atoms. The predicted octanol–water partition coefficient (Wildman–Crippen LogP) is 2.76. The van der Waals surface area contributed by atoms with E-state index >= 15 is 0 Å². The molecule has 2 heterocycles. The molecule has 1 saturated heterocycles. The fraction of sp³-hybridized carbons (Fsp3) is 0.438. The minimum atomic E-state index is 0.794. The van der Waals surface area contributed by atoms with E-state index in [1.807, 2.05) is 0 Å². The Morgan fingerprint density at radius 1 is 1.24 bits per heavy atom. The van der Waals surface area contributed by atoms with Crippen LogP contribution < -0.4 is 10.2 Å². The lowest BCUT2D eigenvalue weighted by Gasteiger charge is -2.26. The summed E-state index contributed by atoms with van der Waals surface area (Å²) in [6, 6.07) is 10.5. The number of aromatic nitrogens is 1. The van der Waals surface area contributed by atoms with Crippen molar-refractivity contribution in [1.29, 1.82) is 0 Å². The average Bonchev–Trinajstić information content (AvgIpc) is 2.99. The molecule has 21 heavy (non-hydrogen) atoms. The van der Waals surface area contributed by atoms with Gasteiger partial charge in [-0.15, -0.1) is 0 Å². The highest BCUT2D eigenvalue weighted by Gasteiger charge is 2.19. The molecule has 3 rings (SSSR count). The topological polar surface area (TPSA) is 37.4 Å². The van der Waals surface area contributed by atoms with Gasteiger partial charge in [0.25, 0.3) is 0 Å². The van der Waals surface area contributed by atoms with Gasteiger partial charge in [-0.05, 0) is 12.1 Å². The Morgan fingerprint density at radius 3 is 2.71 bits per heavy atom. The zero-order chi connectivity index (χ0) is 14.5. The van der Waals surface area contributed by atoms with Gasteiger partial charge >= 0.3 is 0 Å². The van der Waals surface area contributed by atoms with Gasteiger partial charge < -0.3 is 15.0 Å². The first-order valence-corrected chi connectivity index (χ1v) is 8.28. The van der Waals surface area contributed by atoms with Crippen molar-refractivity contribution < 1.29 is 4.74 Å². The van der Waals surface area contributed by atoms with Crippen LogP contribution in [0, 0.1) is 0 Å². The number of hydrogen-bond acceptors (Lipinski definition) is 5. The minimum absolute atomic E-state index is 0.794. The lowest BCUT2D eigenvalue weighted by atomic mass is 10.1. The van der Waals surface area contributed by atoms with E-state index in [0.29, 0.717) is 0 Å². The van der Waals surface area contributed by atoms with E-state index in [4.69, 9.17) is 9.72 Å². The van der Waals surface area contributed by atoms with Crippen LogP contribution in [0.1, 0.15) is 12.6 Å². The second-order valence-corrected chi connectivity index (χ2v) is 6.00. The predicted molar refractivity (Wildman–Crippen MR) is 88.0 cm³/mol. The molecule has 1 aliphatic rings. The molecular formula is C16H21N3OS. The Morgan fingerprint density at radius 2 is 2.00 bits per heavy atom. The summed E-state index contributed by atoms with van der Waals surface area (Å²) in [4.78, 5) is 8.48. The normalized spacial score (nSPS) is 15.4. The Bertz CT molecular complexity index is 564. The molecule has 2 aromatic rings. The van der Waals surface area contributed by atoms with E-state index < -0.39 is 0 Å². The molecule has 112 valence electrons. The van der Waals surface area contributed by atoms with Crippen LogP contribution in [0.5, 0.6) is 0 Å². The summed E-state index contributed by atoms with van der Waals surface area (Å²) in [5.41, 5.74) is 2.40. The number of thiazole rings is 1. The molecule has 0 radical (unpaired) electrons. The Hall–Kier alpha value is -1.43. The molecule has 0 unspecified atom stereocenters. The van der Waals surface area contributed by atoms with Crippen molar-refractivity contribution in [1.82, 2.24) is 10.3 Å². The molecule has 1 aliphatic heterocycles. The maximum Gasteiger partial charge on any atom is 0.186 e. The van der Waals surface area contributed by atoms with E-state index in [1.54, 1.807) is 11.3 Å². The molecule has 1 fully saturated rings. The van der Waals surface area contributed by atoms with Crippen LogP contribution in [0.2, 0.25) is 0 Å². The third kappa shape index (κ3) is 3.43. The summed E-state index contributed by atoms with van der Waals surface area (Å²) in [6.07, 6.45) is 0. The van der Waals surface area contributed by atoms with Crippen molar-refractivity contribution in [2.24, 2.45) is 0 Å². The molecule has 1 N–H and O–H groups in total. The summed E-state index contributed by atoms with van der Waals surface area (Å²) in [7, 11) is 0. The number of nitrogens with zero attached hydrogens (tertiary/aromatic N) is 2. The first-order chi connectivity index (χ1) is 10.4. The fourth-order valence-electron chi connectivity index (χ4n) is 2.41. The van der Waals surface area contributed by atoms with Gasteiger partial charge in [0.1, 0.15) is 0 Å². The van der Waals surface area contributed by atoms with Crippen LogP contribution in [-0.4, -0.2) is 37.8 Å². The molecule has 0 spiro atoms. The molecule has 0 saturated carbocycles. The van der Waals surface area contributed by atoms with Crippen molar-refractivity contribution >= 4 is 16.5 Å². The maximum absolute atomic E-state index is 5.43. The number of hydrogen-bond donors (Lipinski definition) is 1. The van der Waals surface area contributed by atoms with Crippen LogP contribution in [0.25, 0.3) is 10.4 Å². The van der Waals surface area contributed by atoms with Gasteiger partial charge in [0, 0.05) is 19.6 Å². The molecule has 0 amide bonds. The Balaban J connectivity index is 1.90. The smallest absolute Gasteiger partial charge is 0.186 e. The van der Waals surface area contributed by atoms with Crippen molar-refractivity contribution in [2.45, 2.75) is 13.5 Å². The molecule has 0 atom stereocenters. The fourth-order valence-corrected chi connectivity index (χ4v) is 3.55. The highest BCUT2D eigenvalue weighted by atomic mass is 32.1. The minimum Gasteiger partial charge on any atom is -0.378 e. The Kier molecular flexibility index (Phi) is 4.85. The first kappa shape index (κ1) is 14.5. The van der Waals surface area contributed by atoms with Crippen LogP contribution in [-0.2, 0) is 11.3 Å². The lowest BCUT2D eigenvalue weighted by molar-refractivity contribution is 0.122. The summed E-state index contributed by atoms with van der Waals surface area (Å²) in [5, 5.41) is 4.51. The summed E-state index contributed by atoms with van der Waals surface area (Å²) < 4.78 is 5.43. The molecular weight excluding hydrogens is 282 g/mol. The number of nitrogens with one attached hydrogen (secondary N) is 1. The lowest BCUT2D eigenvalue weighted by Crippen LogP contribution is -2.36. The number of ether oxygens (including phenoxy) is 1. The van der Waals surface area contributed by atoms with Gasteiger partial charge in [-0.25, -0.2) is 4.98 Å². The van der Waals surface area contributed by atoms with E-state index in [2.05, 4.69) is 47.5 Å². The van der Waals surface area contributed by atoms with Crippen molar-refractivity contribution in [3.8, 4) is 10.4 Å². The van der Waals surface area contributed by atoms with E-state index in [9.17, 15) is 0 Å². The van der Waals surface area contributed by atoms with Crippen LogP contribution >= 0.6 is 11.3 Å². The Labute approximate surface area is 129 Å². The van der Waals surface area contributed by atoms with Gasteiger partial charge in [-0.2, -0.15) is 0 Å². The number of morpholine rings is 1. The third-order valence-corrected chi connectivity index (χ3v) is 4.75. The average molecular weight is 303 g/mol. The number of anilines is 1. The highest BCUT2D eigenvalue weighted by Crippen LogP contribution is 2.35. The molecule has 5 heteroatoms. The van der Waals surface area contributed by atoms with Crippen LogP contribution in [0.3, 0.4) is 0 Å². The molecule has 4 nitrogen and oxygen atoms in total. The SMILES string of the molecule is CCNCc1nc(N2CCOCC2)sc1-c1ccccc1. The van der Waals surface area contributed by atoms with Gasteiger partial charge in [0.2, 0.25) is 0 Å². The van der Waals surface area contributed by atoms with Gasteiger partial charge in [0.15, 0.2) is 5.13 Å². The van der Waals surface area contributed by atoms with Crippen molar-refractivity contribution in [2.75, 3.05) is 37.7 Å². The van der Waals surface area contributed by atoms with Gasteiger partial charge in [-0.3, -0.25) is 0 Å². The standard InChI is InChI=1S/C16H21N3OS/c1-2-17-12-14-15(13-6-4-3-5-7-13)21-16(18-14)19-8-10-20-11-9-19/h3-7,17H,2,8-12H2,1H3. The summed E-state index contributed by atoms with van der Waals surface area (Å²) in [6.45, 7) is 7.36. The third-order valence-electron chi connectivity index (χ3n) is 3.55. The van der Waals surface area contributed by atoms with E-state index in [-0.39, 0.29) is 0 Å². The zero-order valence-electron chi connectivity index (χ0n) is 12.3. The van der Waals surface area contributed by atoms with Crippen LogP contribution in [0.15, 0.2) is 30.3 Å². The van der Waals surface area contributed by atoms with Gasteiger partial charge in [0.05, 0.1) is 23.8 Å². The summed E-state index contributed by atoms with van der Waals surface area (Å²) in [5.74, 6) is 0. The molecule has 0 aliphatic carbocycles. The van der Waals surface area contributed by atoms with Gasteiger partial charge in [-0.1, -0.05) is 48.6 Å². The van der Waals surface area contributed by atoms with Crippen LogP contribution in [0.4, 0.5) is 5.13 Å². The largest absolute Gasteiger partial charge is 0.378 e. The zero-order valence-corrected chi connectivity index (χ0v) is 13.2. The number of rotatable bonds is 5. The van der Waals surface area contributed by atoms with Crippen molar-refractivity contribution in [3.63, 3.8) is 0 Å². The second kappa shape index (κ2) is 7.02. The second-order valence-electron chi connectivity index (χ2n) is 5.02. The quantitative estimate of drug-likeness (QED) is 0.921. The number of benzene rings is 1. The molecule has 1 aromatic heterocycles. The summed E-state index contributed by atoms with van der Waals surface area (Å²) >= 11 is 1.79. The van der Waals surface area contributed by atoms with Crippen molar-refractivity contribution in [3.05, 3.63) is 36.0 Å². The highest BCUT2D eigenvalue weighted by molar-refractivity contribution is 7.19. The molecule has 1 aromatic carbocycles. The van der Waals surface area contributed by atoms with E-state index in [1.165, 1.54) is 10.4 Å². The van der Waals surface area contributed by atoms with E-state index in [0.717, 1.165) is 50.2 Å².